The summed E-state index contributed by atoms with van der Waals surface area (Å²) in [6.07, 6.45) is 2.38. The minimum Gasteiger partial charge on any atom is -0.344 e. The van der Waals surface area contributed by atoms with Gasteiger partial charge in [-0.05, 0) is 42.7 Å². The van der Waals surface area contributed by atoms with Crippen molar-refractivity contribution in [3.63, 3.8) is 0 Å². The monoisotopic (exact) mass is 385 g/mol. The Morgan fingerprint density at radius 3 is 2.63 bits per heavy atom. The summed E-state index contributed by atoms with van der Waals surface area (Å²) >= 11 is 6.04. The number of hydrogen-bond acceptors (Lipinski definition) is 3. The molecule has 6 nitrogen and oxygen atoms in total. The highest BCUT2D eigenvalue weighted by atomic mass is 35.5. The predicted molar refractivity (Wildman–Crippen MR) is 105 cm³/mol. The zero-order chi connectivity index (χ0) is 19.2. The summed E-state index contributed by atoms with van der Waals surface area (Å²) in [5.74, 6) is -1.46. The smallest absolute Gasteiger partial charge is 0.313 e. The quantitative estimate of drug-likeness (QED) is 0.794. The second-order valence-electron chi connectivity index (χ2n) is 6.28. The molecule has 140 valence electrons. The van der Waals surface area contributed by atoms with Gasteiger partial charge in [-0.15, -0.1) is 0 Å². The van der Waals surface area contributed by atoms with Gasteiger partial charge in [0, 0.05) is 35.9 Å². The number of carbonyl (C=O) groups is 3. The van der Waals surface area contributed by atoms with Gasteiger partial charge in [0.25, 0.3) is 0 Å². The van der Waals surface area contributed by atoms with Crippen LogP contribution < -0.4 is 15.5 Å². The number of benzene rings is 2. The van der Waals surface area contributed by atoms with Crippen molar-refractivity contribution < 1.29 is 14.4 Å². The molecule has 0 aliphatic carbocycles. The van der Waals surface area contributed by atoms with Gasteiger partial charge in [-0.3, -0.25) is 14.4 Å². The summed E-state index contributed by atoms with van der Waals surface area (Å²) in [6.45, 7) is 0.822. The third-order valence-corrected chi connectivity index (χ3v) is 4.71. The fraction of sp³-hybridized carbons (Fsp3) is 0.250. The van der Waals surface area contributed by atoms with Crippen LogP contribution in [0.4, 0.5) is 11.4 Å². The van der Waals surface area contributed by atoms with E-state index in [4.69, 9.17) is 11.6 Å². The van der Waals surface area contributed by atoms with E-state index >= 15 is 0 Å². The van der Waals surface area contributed by atoms with Crippen molar-refractivity contribution >= 4 is 40.7 Å². The van der Waals surface area contributed by atoms with Crippen LogP contribution in [0.5, 0.6) is 0 Å². The van der Waals surface area contributed by atoms with Crippen LogP contribution in [0.25, 0.3) is 0 Å². The van der Waals surface area contributed by atoms with E-state index < -0.39 is 11.8 Å². The van der Waals surface area contributed by atoms with Gasteiger partial charge in [0.15, 0.2) is 0 Å². The average molecular weight is 386 g/mol. The topological polar surface area (TPSA) is 78.5 Å². The third kappa shape index (κ3) is 4.86. The van der Waals surface area contributed by atoms with Crippen molar-refractivity contribution in [3.05, 3.63) is 59.1 Å². The van der Waals surface area contributed by atoms with Gasteiger partial charge < -0.3 is 15.5 Å². The van der Waals surface area contributed by atoms with Crippen LogP contribution in [0.1, 0.15) is 24.8 Å². The molecule has 0 radical (unpaired) electrons. The van der Waals surface area contributed by atoms with Gasteiger partial charge in [0.2, 0.25) is 5.91 Å². The van der Waals surface area contributed by atoms with E-state index in [-0.39, 0.29) is 12.5 Å². The van der Waals surface area contributed by atoms with Crippen molar-refractivity contribution in [1.29, 1.82) is 0 Å². The standard InChI is InChI=1S/C20H20ClN3O3/c21-17-9-2-1-6-14(17)13-22-19(26)20(27)23-15-7-5-8-16(12-15)24-11-4-3-10-18(24)25/h1-2,5-9,12H,3-4,10-11,13H2,(H,22,26)(H,23,27). The maximum atomic E-state index is 12.1. The Kier molecular flexibility index (Phi) is 6.08. The molecule has 2 aromatic rings. The Bertz CT molecular complexity index is 869. The zero-order valence-electron chi connectivity index (χ0n) is 14.7. The van der Waals surface area contributed by atoms with Crippen LogP contribution in [-0.2, 0) is 20.9 Å². The number of rotatable bonds is 4. The zero-order valence-corrected chi connectivity index (χ0v) is 15.5. The second kappa shape index (κ2) is 8.68. The molecule has 1 saturated heterocycles. The number of amides is 3. The van der Waals surface area contributed by atoms with Crippen molar-refractivity contribution in [1.82, 2.24) is 5.32 Å². The van der Waals surface area contributed by atoms with Crippen molar-refractivity contribution in [2.45, 2.75) is 25.8 Å². The van der Waals surface area contributed by atoms with Gasteiger partial charge in [0.1, 0.15) is 0 Å². The summed E-state index contributed by atoms with van der Waals surface area (Å²) in [5.41, 5.74) is 1.91. The van der Waals surface area contributed by atoms with Crippen molar-refractivity contribution in [3.8, 4) is 0 Å². The molecule has 7 heteroatoms. The maximum absolute atomic E-state index is 12.1. The van der Waals surface area contributed by atoms with Crippen LogP contribution in [0.3, 0.4) is 0 Å². The molecule has 1 aliphatic heterocycles. The molecule has 2 aromatic carbocycles. The lowest BCUT2D eigenvalue weighted by Crippen LogP contribution is -2.36. The number of nitrogens with zero attached hydrogens (tertiary/aromatic N) is 1. The minimum atomic E-state index is -0.774. The van der Waals surface area contributed by atoms with Crippen LogP contribution in [0, 0.1) is 0 Å². The SMILES string of the molecule is O=C(NCc1ccccc1Cl)C(=O)Nc1cccc(N2CCCCC2=O)c1. The van der Waals surface area contributed by atoms with E-state index in [1.807, 2.05) is 6.07 Å². The van der Waals surface area contributed by atoms with E-state index in [1.165, 1.54) is 0 Å². The molecule has 0 saturated carbocycles. The van der Waals surface area contributed by atoms with Crippen LogP contribution in [0.15, 0.2) is 48.5 Å². The molecule has 3 rings (SSSR count). The Hall–Kier alpha value is -2.86. The van der Waals surface area contributed by atoms with E-state index in [1.54, 1.807) is 47.4 Å². The Morgan fingerprint density at radius 1 is 1.04 bits per heavy atom. The molecule has 2 N–H and O–H groups in total. The van der Waals surface area contributed by atoms with Gasteiger partial charge >= 0.3 is 11.8 Å². The molecular weight excluding hydrogens is 366 g/mol. The minimum absolute atomic E-state index is 0.0715. The Labute approximate surface area is 162 Å². The number of hydrogen-bond donors (Lipinski definition) is 2. The average Bonchev–Trinajstić information content (AvgIpc) is 2.67. The number of carbonyl (C=O) groups excluding carboxylic acids is 3. The largest absolute Gasteiger partial charge is 0.344 e. The lowest BCUT2D eigenvalue weighted by Gasteiger charge is -2.27. The predicted octanol–water partition coefficient (Wildman–Crippen LogP) is 3.11. The van der Waals surface area contributed by atoms with Crippen LogP contribution in [0.2, 0.25) is 5.02 Å². The van der Waals surface area contributed by atoms with Gasteiger partial charge in [-0.25, -0.2) is 0 Å². The van der Waals surface area contributed by atoms with E-state index in [0.29, 0.717) is 29.4 Å². The fourth-order valence-corrected chi connectivity index (χ4v) is 3.12. The molecule has 3 amide bonds. The lowest BCUT2D eigenvalue weighted by atomic mass is 10.1. The highest BCUT2D eigenvalue weighted by Crippen LogP contribution is 2.23. The molecular formula is C20H20ClN3O3. The Morgan fingerprint density at radius 2 is 1.85 bits per heavy atom. The molecule has 0 aromatic heterocycles. The molecule has 1 fully saturated rings. The van der Waals surface area contributed by atoms with Gasteiger partial charge in [-0.1, -0.05) is 35.9 Å². The summed E-state index contributed by atoms with van der Waals surface area (Å²) < 4.78 is 0. The van der Waals surface area contributed by atoms with Crippen molar-refractivity contribution in [2.24, 2.45) is 0 Å². The van der Waals surface area contributed by atoms with Gasteiger partial charge in [0.05, 0.1) is 0 Å². The van der Waals surface area contributed by atoms with Gasteiger partial charge in [-0.2, -0.15) is 0 Å². The maximum Gasteiger partial charge on any atom is 0.313 e. The van der Waals surface area contributed by atoms with Crippen LogP contribution in [-0.4, -0.2) is 24.3 Å². The molecule has 0 atom stereocenters. The van der Waals surface area contributed by atoms with E-state index in [2.05, 4.69) is 10.6 Å². The molecule has 1 aliphatic rings. The van der Waals surface area contributed by atoms with E-state index in [9.17, 15) is 14.4 Å². The molecule has 0 bridgehead atoms. The Balaban J connectivity index is 1.60. The number of halogens is 1. The first-order valence-electron chi connectivity index (χ1n) is 8.77. The highest BCUT2D eigenvalue weighted by molar-refractivity contribution is 6.39. The molecule has 27 heavy (non-hydrogen) atoms. The molecule has 0 spiro atoms. The van der Waals surface area contributed by atoms with E-state index in [0.717, 1.165) is 18.4 Å². The first kappa shape index (κ1) is 18.9. The summed E-state index contributed by atoms with van der Waals surface area (Å²) in [4.78, 5) is 37.9. The lowest BCUT2D eigenvalue weighted by molar-refractivity contribution is -0.136. The number of anilines is 2. The first-order valence-corrected chi connectivity index (χ1v) is 9.15. The summed E-state index contributed by atoms with van der Waals surface area (Å²) in [5, 5.41) is 5.63. The normalized spacial score (nSPS) is 14.0. The third-order valence-electron chi connectivity index (χ3n) is 4.34. The number of nitrogens with one attached hydrogen (secondary N) is 2. The highest BCUT2D eigenvalue weighted by Gasteiger charge is 2.20. The number of piperidine rings is 1. The summed E-state index contributed by atoms with van der Waals surface area (Å²) in [6, 6.07) is 14.0. The summed E-state index contributed by atoms with van der Waals surface area (Å²) in [7, 11) is 0. The molecule has 1 heterocycles. The molecule has 0 unspecified atom stereocenters. The van der Waals surface area contributed by atoms with Crippen LogP contribution >= 0.6 is 11.6 Å². The second-order valence-corrected chi connectivity index (χ2v) is 6.69. The van der Waals surface area contributed by atoms with Crippen molar-refractivity contribution in [2.75, 3.05) is 16.8 Å². The first-order chi connectivity index (χ1) is 13.0. The fourth-order valence-electron chi connectivity index (χ4n) is 2.92.